The Morgan fingerprint density at radius 2 is 1.11 bits per heavy atom. The number of nitrogens with zero attached hydrogens (tertiary/aromatic N) is 2. The van der Waals surface area contributed by atoms with E-state index >= 15 is 0 Å². The highest BCUT2D eigenvalue weighted by Gasteiger charge is 2.15. The number of para-hydroxylation sites is 2. The molecule has 0 fully saturated rings. The molecule has 0 bridgehead atoms. The molecule has 136 valence electrons. The van der Waals surface area contributed by atoms with Gasteiger partial charge in [0.05, 0.1) is 11.0 Å². The van der Waals surface area contributed by atoms with Crippen LogP contribution in [0.1, 0.15) is 13.8 Å². The Balaban J connectivity index is 1.84. The van der Waals surface area contributed by atoms with Crippen LogP contribution in [0.2, 0.25) is 0 Å². The number of thioether (sulfide) groups is 2. The van der Waals surface area contributed by atoms with Crippen molar-refractivity contribution in [3.05, 3.63) is 60.9 Å². The first-order valence-corrected chi connectivity index (χ1v) is 11.8. The highest BCUT2D eigenvalue weighted by Crippen LogP contribution is 2.43. The lowest BCUT2D eigenvalue weighted by molar-refractivity contribution is 1.16. The van der Waals surface area contributed by atoms with Gasteiger partial charge < -0.3 is 0 Å². The molecule has 0 radical (unpaired) electrons. The molecule has 0 amide bonds. The van der Waals surface area contributed by atoms with Gasteiger partial charge in [0.1, 0.15) is 0 Å². The molecule has 0 saturated heterocycles. The summed E-state index contributed by atoms with van der Waals surface area (Å²) in [6.45, 7) is 4.40. The van der Waals surface area contributed by atoms with E-state index in [9.17, 15) is 0 Å². The number of aromatic nitrogens is 2. The van der Waals surface area contributed by atoms with Crippen molar-refractivity contribution in [2.45, 2.75) is 33.4 Å². The minimum atomic E-state index is 1.04. The predicted molar refractivity (Wildman–Crippen MR) is 120 cm³/mol. The summed E-state index contributed by atoms with van der Waals surface area (Å²) in [6, 6.07) is 16.8. The lowest BCUT2D eigenvalue weighted by Crippen LogP contribution is -1.90. The van der Waals surface area contributed by atoms with Gasteiger partial charge in [-0.1, -0.05) is 62.0 Å². The van der Waals surface area contributed by atoms with Crippen LogP contribution in [0.5, 0.6) is 0 Å². The molecule has 2 nitrogen and oxygen atoms in total. The van der Waals surface area contributed by atoms with Gasteiger partial charge in [0.25, 0.3) is 0 Å². The highest BCUT2D eigenvalue weighted by molar-refractivity contribution is 8.03. The zero-order valence-electron chi connectivity index (χ0n) is 15.3. The number of rotatable bonds is 6. The van der Waals surface area contributed by atoms with Crippen molar-refractivity contribution in [1.82, 2.24) is 9.97 Å². The fourth-order valence-corrected chi connectivity index (χ4v) is 6.13. The van der Waals surface area contributed by atoms with Crippen molar-refractivity contribution in [3.8, 4) is 0 Å². The van der Waals surface area contributed by atoms with Gasteiger partial charge in [0.2, 0.25) is 0 Å². The fourth-order valence-electron chi connectivity index (χ4n) is 3.05. The molecule has 2 aromatic carbocycles. The van der Waals surface area contributed by atoms with Crippen molar-refractivity contribution in [2.75, 3.05) is 11.5 Å². The maximum atomic E-state index is 4.70. The maximum Gasteiger partial charge on any atom is 0.0714 e. The lowest BCUT2D eigenvalue weighted by Gasteiger charge is -2.14. The Morgan fingerprint density at radius 3 is 1.56 bits per heavy atom. The standard InChI is InChI=1S/C22H20N2S3/c1-3-25-21-15-9-5-7-11-17(15)23-13-19(21)27-20-14-24-18-12-8-6-10-16(18)22(20)26-4-2/h5-14H,3-4H2,1-2H3. The molecule has 2 aromatic heterocycles. The smallest absolute Gasteiger partial charge is 0.0714 e. The number of fused-ring (bicyclic) bond motifs is 2. The molecule has 0 aliphatic heterocycles. The molecule has 0 spiro atoms. The Morgan fingerprint density at radius 1 is 0.667 bits per heavy atom. The summed E-state index contributed by atoms with van der Waals surface area (Å²) in [7, 11) is 0. The van der Waals surface area contributed by atoms with Gasteiger partial charge in [-0.05, 0) is 23.6 Å². The number of pyridine rings is 2. The fraction of sp³-hybridized carbons (Fsp3) is 0.182. The van der Waals surface area contributed by atoms with Gasteiger partial charge in [0, 0.05) is 42.7 Å². The molecule has 27 heavy (non-hydrogen) atoms. The van der Waals surface area contributed by atoms with E-state index in [1.807, 2.05) is 48.1 Å². The first kappa shape index (κ1) is 18.7. The third-order valence-corrected chi connectivity index (χ3v) is 7.54. The molecule has 5 heteroatoms. The zero-order chi connectivity index (χ0) is 18.6. The molecular weight excluding hydrogens is 388 g/mol. The summed E-state index contributed by atoms with van der Waals surface area (Å²) in [5.74, 6) is 2.07. The molecule has 4 aromatic rings. The third-order valence-electron chi connectivity index (χ3n) is 4.18. The monoisotopic (exact) mass is 408 g/mol. The third kappa shape index (κ3) is 3.82. The number of benzene rings is 2. The quantitative estimate of drug-likeness (QED) is 0.315. The molecule has 2 heterocycles. The summed E-state index contributed by atoms with van der Waals surface area (Å²) < 4.78 is 0. The van der Waals surface area contributed by atoms with Gasteiger partial charge in [0.15, 0.2) is 0 Å². The molecule has 0 N–H and O–H groups in total. The molecule has 4 rings (SSSR count). The van der Waals surface area contributed by atoms with Crippen molar-refractivity contribution in [3.63, 3.8) is 0 Å². The topological polar surface area (TPSA) is 25.8 Å². The van der Waals surface area contributed by atoms with Gasteiger partial charge in [-0.25, -0.2) is 0 Å². The zero-order valence-corrected chi connectivity index (χ0v) is 17.8. The minimum Gasteiger partial charge on any atom is -0.255 e. The van der Waals surface area contributed by atoms with E-state index in [-0.39, 0.29) is 0 Å². The van der Waals surface area contributed by atoms with Gasteiger partial charge >= 0.3 is 0 Å². The van der Waals surface area contributed by atoms with E-state index in [4.69, 9.17) is 9.97 Å². The van der Waals surface area contributed by atoms with Crippen molar-refractivity contribution in [1.29, 1.82) is 0 Å². The Hall–Kier alpha value is -1.69. The average Bonchev–Trinajstić information content (AvgIpc) is 2.71. The van der Waals surface area contributed by atoms with E-state index in [1.54, 1.807) is 11.8 Å². The van der Waals surface area contributed by atoms with E-state index in [2.05, 4.69) is 50.2 Å². The van der Waals surface area contributed by atoms with Crippen LogP contribution in [0.25, 0.3) is 21.8 Å². The van der Waals surface area contributed by atoms with E-state index in [1.165, 1.54) is 30.4 Å². The van der Waals surface area contributed by atoms with Crippen LogP contribution in [-0.2, 0) is 0 Å². The second-order valence-electron chi connectivity index (χ2n) is 5.91. The Labute approximate surface area is 172 Å². The summed E-state index contributed by atoms with van der Waals surface area (Å²) in [4.78, 5) is 14.4. The van der Waals surface area contributed by atoms with E-state index in [0.717, 1.165) is 22.5 Å². The summed E-state index contributed by atoms with van der Waals surface area (Å²) in [5, 5.41) is 2.46. The Kier molecular flexibility index (Phi) is 5.91. The first-order chi connectivity index (χ1) is 13.3. The summed E-state index contributed by atoms with van der Waals surface area (Å²) in [6.07, 6.45) is 4.03. The maximum absolute atomic E-state index is 4.70. The van der Waals surface area contributed by atoms with Crippen molar-refractivity contribution >= 4 is 57.1 Å². The van der Waals surface area contributed by atoms with Crippen LogP contribution in [0, 0.1) is 0 Å². The van der Waals surface area contributed by atoms with Crippen LogP contribution >= 0.6 is 35.3 Å². The molecule has 0 saturated carbocycles. The number of hydrogen-bond donors (Lipinski definition) is 0. The molecule has 0 aliphatic carbocycles. The second-order valence-corrected chi connectivity index (χ2v) is 9.54. The highest BCUT2D eigenvalue weighted by atomic mass is 32.2. The first-order valence-electron chi connectivity index (χ1n) is 9.00. The predicted octanol–water partition coefficient (Wildman–Crippen LogP) is 7.16. The molecule has 0 atom stereocenters. The van der Waals surface area contributed by atoms with Gasteiger partial charge in [-0.2, -0.15) is 0 Å². The minimum absolute atomic E-state index is 1.04. The second kappa shape index (κ2) is 8.55. The van der Waals surface area contributed by atoms with Crippen LogP contribution in [0.15, 0.2) is 80.5 Å². The summed E-state index contributed by atoms with van der Waals surface area (Å²) in [5.41, 5.74) is 2.11. The molecular formula is C22H20N2S3. The Bertz CT molecular complexity index is 1010. The summed E-state index contributed by atoms with van der Waals surface area (Å²) >= 11 is 5.55. The largest absolute Gasteiger partial charge is 0.255 e. The van der Waals surface area contributed by atoms with Crippen molar-refractivity contribution in [2.24, 2.45) is 0 Å². The number of hydrogen-bond acceptors (Lipinski definition) is 5. The van der Waals surface area contributed by atoms with Crippen LogP contribution < -0.4 is 0 Å². The lowest BCUT2D eigenvalue weighted by atomic mass is 10.2. The van der Waals surface area contributed by atoms with Crippen LogP contribution in [-0.4, -0.2) is 21.5 Å². The average molecular weight is 409 g/mol. The van der Waals surface area contributed by atoms with Gasteiger partial charge in [-0.15, -0.1) is 23.5 Å². The van der Waals surface area contributed by atoms with Crippen molar-refractivity contribution < 1.29 is 0 Å². The molecule has 0 unspecified atom stereocenters. The van der Waals surface area contributed by atoms with Gasteiger partial charge in [-0.3, -0.25) is 9.97 Å². The normalized spacial score (nSPS) is 11.3. The van der Waals surface area contributed by atoms with E-state index in [0.29, 0.717) is 0 Å². The molecule has 0 aliphatic rings. The van der Waals surface area contributed by atoms with E-state index < -0.39 is 0 Å². The SMILES string of the molecule is CCSc1c(Sc2cnc3ccccc3c2SCC)cnc2ccccc12. The van der Waals surface area contributed by atoms with Crippen LogP contribution in [0.4, 0.5) is 0 Å². The van der Waals surface area contributed by atoms with Crippen LogP contribution in [0.3, 0.4) is 0 Å².